The van der Waals surface area contributed by atoms with Crippen molar-refractivity contribution in [3.63, 3.8) is 0 Å². The monoisotopic (exact) mass is 258 g/mol. The molecule has 100 valence electrons. The van der Waals surface area contributed by atoms with E-state index in [1.807, 2.05) is 11.8 Å². The summed E-state index contributed by atoms with van der Waals surface area (Å²) in [6.45, 7) is 3.46. The maximum absolute atomic E-state index is 12.6. The molecule has 0 spiro atoms. The van der Waals surface area contributed by atoms with Gasteiger partial charge in [0.25, 0.3) is 0 Å². The molecule has 2 unspecified atom stereocenters. The summed E-state index contributed by atoms with van der Waals surface area (Å²) in [5.41, 5.74) is 5.94. The van der Waals surface area contributed by atoms with Crippen molar-refractivity contribution in [1.29, 1.82) is 0 Å². The molecule has 0 amide bonds. The predicted molar refractivity (Wildman–Crippen MR) is 65.4 cm³/mol. The van der Waals surface area contributed by atoms with Crippen LogP contribution in [0, 0.1) is 5.92 Å². The Bertz CT molecular complexity index is 417. The van der Waals surface area contributed by atoms with Gasteiger partial charge >= 0.3 is 6.18 Å². The molecule has 1 aliphatic rings. The highest BCUT2D eigenvalue weighted by Crippen LogP contribution is 2.32. The summed E-state index contributed by atoms with van der Waals surface area (Å²) in [7, 11) is 0. The Balaban J connectivity index is 2.19. The second-order valence-corrected chi connectivity index (χ2v) is 4.92. The van der Waals surface area contributed by atoms with Gasteiger partial charge in [-0.15, -0.1) is 0 Å². The highest BCUT2D eigenvalue weighted by molar-refractivity contribution is 5.49. The fraction of sp³-hybridized carbons (Fsp3) is 0.538. The van der Waals surface area contributed by atoms with Crippen LogP contribution in [0.25, 0.3) is 0 Å². The number of piperidine rings is 1. The van der Waals surface area contributed by atoms with E-state index in [2.05, 4.69) is 0 Å². The topological polar surface area (TPSA) is 29.3 Å². The van der Waals surface area contributed by atoms with Gasteiger partial charge in [-0.3, -0.25) is 0 Å². The van der Waals surface area contributed by atoms with Crippen LogP contribution in [-0.4, -0.2) is 19.1 Å². The molecular formula is C13H17F3N2. The lowest BCUT2D eigenvalue weighted by atomic mass is 9.94. The zero-order valence-electron chi connectivity index (χ0n) is 10.2. The second-order valence-electron chi connectivity index (χ2n) is 4.92. The maximum atomic E-state index is 12.6. The Hall–Kier alpha value is -1.23. The molecule has 0 saturated carbocycles. The molecule has 0 aromatic heterocycles. The molecule has 5 heteroatoms. The summed E-state index contributed by atoms with van der Waals surface area (Å²) < 4.78 is 37.9. The van der Waals surface area contributed by atoms with E-state index in [0.29, 0.717) is 24.7 Å². The largest absolute Gasteiger partial charge is 0.416 e. The van der Waals surface area contributed by atoms with Gasteiger partial charge in [-0.25, -0.2) is 0 Å². The Morgan fingerprint density at radius 1 is 1.33 bits per heavy atom. The number of benzene rings is 1. The highest BCUT2D eigenvalue weighted by Gasteiger charge is 2.31. The Labute approximate surface area is 105 Å². The van der Waals surface area contributed by atoms with Crippen molar-refractivity contribution in [2.75, 3.05) is 18.0 Å². The van der Waals surface area contributed by atoms with Crippen LogP contribution in [0.4, 0.5) is 18.9 Å². The summed E-state index contributed by atoms with van der Waals surface area (Å²) in [6.07, 6.45) is -3.47. The zero-order valence-corrected chi connectivity index (χ0v) is 10.2. The highest BCUT2D eigenvalue weighted by atomic mass is 19.4. The fourth-order valence-electron chi connectivity index (χ4n) is 2.28. The van der Waals surface area contributed by atoms with Gasteiger partial charge in [-0.05, 0) is 30.5 Å². The summed E-state index contributed by atoms with van der Waals surface area (Å²) >= 11 is 0. The third-order valence-electron chi connectivity index (χ3n) is 3.51. The molecule has 2 rings (SSSR count). The second kappa shape index (κ2) is 4.80. The number of alkyl halides is 3. The molecule has 1 heterocycles. The number of hydrogen-bond acceptors (Lipinski definition) is 2. The zero-order chi connectivity index (χ0) is 13.3. The lowest BCUT2D eigenvalue weighted by molar-refractivity contribution is -0.137. The number of nitrogens with two attached hydrogens (primary N) is 1. The number of nitrogens with zero attached hydrogens (tertiary/aromatic N) is 1. The summed E-state index contributed by atoms with van der Waals surface area (Å²) in [4.78, 5) is 1.98. The van der Waals surface area contributed by atoms with E-state index in [4.69, 9.17) is 5.73 Å². The van der Waals surface area contributed by atoms with E-state index in [9.17, 15) is 13.2 Å². The van der Waals surface area contributed by atoms with Gasteiger partial charge in [0, 0.05) is 24.8 Å². The van der Waals surface area contributed by atoms with E-state index in [1.165, 1.54) is 12.1 Å². The lowest BCUT2D eigenvalue weighted by Crippen LogP contribution is -2.46. The van der Waals surface area contributed by atoms with E-state index < -0.39 is 11.7 Å². The third kappa shape index (κ3) is 2.77. The number of halogens is 3. The Kier molecular flexibility index (Phi) is 3.52. The fourth-order valence-corrected chi connectivity index (χ4v) is 2.28. The van der Waals surface area contributed by atoms with Crippen LogP contribution in [0.1, 0.15) is 18.9 Å². The molecule has 1 saturated heterocycles. The summed E-state index contributed by atoms with van der Waals surface area (Å²) in [6, 6.07) is 5.63. The summed E-state index contributed by atoms with van der Waals surface area (Å²) in [5, 5.41) is 0. The smallest absolute Gasteiger partial charge is 0.371 e. The molecule has 18 heavy (non-hydrogen) atoms. The van der Waals surface area contributed by atoms with Crippen LogP contribution in [0.3, 0.4) is 0 Å². The van der Waals surface area contributed by atoms with E-state index in [1.54, 1.807) is 6.07 Å². The van der Waals surface area contributed by atoms with Gasteiger partial charge in [0.1, 0.15) is 0 Å². The number of anilines is 1. The molecular weight excluding hydrogens is 241 g/mol. The van der Waals surface area contributed by atoms with Crippen LogP contribution < -0.4 is 10.6 Å². The molecule has 0 bridgehead atoms. The number of rotatable bonds is 1. The first kappa shape index (κ1) is 13.2. The molecule has 0 aliphatic carbocycles. The van der Waals surface area contributed by atoms with Crippen molar-refractivity contribution in [1.82, 2.24) is 0 Å². The van der Waals surface area contributed by atoms with Crippen molar-refractivity contribution in [2.45, 2.75) is 25.6 Å². The van der Waals surface area contributed by atoms with Gasteiger partial charge in [-0.2, -0.15) is 13.2 Å². The van der Waals surface area contributed by atoms with E-state index in [-0.39, 0.29) is 6.04 Å². The molecule has 2 nitrogen and oxygen atoms in total. The maximum Gasteiger partial charge on any atom is 0.416 e. The van der Waals surface area contributed by atoms with Gasteiger partial charge in [0.15, 0.2) is 0 Å². The third-order valence-corrected chi connectivity index (χ3v) is 3.51. The standard InChI is InChI=1S/C13H17F3N2/c1-9-8-18(6-5-12(9)17)11-4-2-3-10(7-11)13(14,15)16/h2-4,7,9,12H,5-6,8,17H2,1H3. The first-order valence-electron chi connectivity index (χ1n) is 6.05. The molecule has 1 fully saturated rings. The molecule has 1 aromatic rings. The van der Waals surface area contributed by atoms with Crippen molar-refractivity contribution >= 4 is 5.69 Å². The van der Waals surface area contributed by atoms with Gasteiger partial charge in [0.2, 0.25) is 0 Å². The Morgan fingerprint density at radius 3 is 2.67 bits per heavy atom. The average molecular weight is 258 g/mol. The SMILES string of the molecule is CC1CN(c2cccc(C(F)(F)F)c2)CCC1N. The van der Waals surface area contributed by atoms with E-state index in [0.717, 1.165) is 12.5 Å². The first-order valence-corrected chi connectivity index (χ1v) is 6.05. The van der Waals surface area contributed by atoms with Crippen LogP contribution in [0.15, 0.2) is 24.3 Å². The van der Waals surface area contributed by atoms with Crippen molar-refractivity contribution in [3.8, 4) is 0 Å². The molecule has 1 aliphatic heterocycles. The van der Waals surface area contributed by atoms with Crippen LogP contribution in [-0.2, 0) is 6.18 Å². The van der Waals surface area contributed by atoms with Crippen LogP contribution in [0.5, 0.6) is 0 Å². The summed E-state index contributed by atoms with van der Waals surface area (Å²) in [5.74, 6) is 0.299. The van der Waals surface area contributed by atoms with Crippen LogP contribution >= 0.6 is 0 Å². The number of hydrogen-bond donors (Lipinski definition) is 1. The molecule has 2 N–H and O–H groups in total. The minimum Gasteiger partial charge on any atom is -0.371 e. The van der Waals surface area contributed by atoms with E-state index >= 15 is 0 Å². The average Bonchev–Trinajstić information content (AvgIpc) is 2.32. The quantitative estimate of drug-likeness (QED) is 0.839. The van der Waals surface area contributed by atoms with Gasteiger partial charge in [0.05, 0.1) is 5.56 Å². The van der Waals surface area contributed by atoms with Gasteiger partial charge < -0.3 is 10.6 Å². The van der Waals surface area contributed by atoms with Crippen molar-refractivity contribution in [3.05, 3.63) is 29.8 Å². The van der Waals surface area contributed by atoms with Crippen molar-refractivity contribution < 1.29 is 13.2 Å². The predicted octanol–water partition coefficient (Wildman–Crippen LogP) is 2.88. The Morgan fingerprint density at radius 2 is 2.06 bits per heavy atom. The lowest BCUT2D eigenvalue weighted by Gasteiger charge is -2.36. The minimum atomic E-state index is -4.28. The normalized spacial score (nSPS) is 25.3. The van der Waals surface area contributed by atoms with Crippen LogP contribution in [0.2, 0.25) is 0 Å². The minimum absolute atomic E-state index is 0.145. The molecule has 1 aromatic carbocycles. The van der Waals surface area contributed by atoms with Crippen molar-refractivity contribution in [2.24, 2.45) is 11.7 Å². The molecule has 2 atom stereocenters. The van der Waals surface area contributed by atoms with Gasteiger partial charge in [-0.1, -0.05) is 13.0 Å². The first-order chi connectivity index (χ1) is 8.38. The molecule has 0 radical (unpaired) electrons.